The van der Waals surface area contributed by atoms with E-state index in [1.165, 1.54) is 11.6 Å². The van der Waals surface area contributed by atoms with Crippen molar-refractivity contribution < 1.29 is 14.2 Å². The maximum Gasteiger partial charge on any atom is 0.123 e. The van der Waals surface area contributed by atoms with Crippen LogP contribution in [-0.2, 0) is 12.8 Å². The van der Waals surface area contributed by atoms with Crippen molar-refractivity contribution in [2.45, 2.75) is 51.0 Å². The van der Waals surface area contributed by atoms with Gasteiger partial charge in [-0.15, -0.1) is 0 Å². The Morgan fingerprint density at radius 3 is 2.55 bits per heavy atom. The number of halogens is 1. The van der Waals surface area contributed by atoms with Gasteiger partial charge < -0.3 is 14.7 Å². The van der Waals surface area contributed by atoms with Crippen LogP contribution in [0.15, 0.2) is 42.5 Å². The monoisotopic (exact) mass is 399 g/mol. The summed E-state index contributed by atoms with van der Waals surface area (Å²) in [6.07, 6.45) is 3.13. The number of aryl methyl sites for hydroxylation is 1. The smallest absolute Gasteiger partial charge is 0.123 e. The molecule has 2 atom stereocenters. The molecule has 0 aromatic heterocycles. The van der Waals surface area contributed by atoms with Gasteiger partial charge in [0.25, 0.3) is 0 Å². The summed E-state index contributed by atoms with van der Waals surface area (Å²) in [5.41, 5.74) is 2.72. The van der Waals surface area contributed by atoms with Crippen LogP contribution in [0, 0.1) is 11.7 Å². The van der Waals surface area contributed by atoms with E-state index in [1.807, 2.05) is 18.2 Å². The van der Waals surface area contributed by atoms with E-state index in [-0.39, 0.29) is 11.7 Å². The summed E-state index contributed by atoms with van der Waals surface area (Å²) in [5, 5.41) is 11.6. The number of rotatable bonds is 8. The standard InChI is InChI=1S/C25H34FNO2/c1-18(2)24-23-10-7-21(26)17-20(23)11-13-25(24,28)14-16-27(3)15-12-19-5-8-22(29-4)9-6-19/h5-10,17-18,24,28H,11-16H2,1-4H3/t24-,25-/m1/s1. The highest BCUT2D eigenvalue weighted by atomic mass is 19.1. The number of methoxy groups -OCH3 is 1. The first kappa shape index (κ1) is 21.8. The fourth-order valence-electron chi connectivity index (χ4n) is 4.76. The fraction of sp³-hybridized carbons (Fsp3) is 0.520. The number of ether oxygens (including phenoxy) is 1. The zero-order chi connectivity index (χ0) is 21.0. The van der Waals surface area contributed by atoms with Crippen molar-refractivity contribution in [3.63, 3.8) is 0 Å². The molecule has 158 valence electrons. The van der Waals surface area contributed by atoms with Crippen molar-refractivity contribution in [1.29, 1.82) is 0 Å². The Hall–Kier alpha value is -1.91. The van der Waals surface area contributed by atoms with Crippen molar-refractivity contribution in [3.8, 4) is 5.75 Å². The average molecular weight is 400 g/mol. The van der Waals surface area contributed by atoms with Crippen LogP contribution in [0.25, 0.3) is 0 Å². The molecule has 0 heterocycles. The van der Waals surface area contributed by atoms with Gasteiger partial charge in [-0.3, -0.25) is 0 Å². The first-order valence-corrected chi connectivity index (χ1v) is 10.6. The normalized spacial score (nSPS) is 21.4. The van der Waals surface area contributed by atoms with Crippen LogP contribution in [0.1, 0.15) is 49.3 Å². The molecule has 2 aromatic rings. The van der Waals surface area contributed by atoms with E-state index >= 15 is 0 Å². The predicted molar refractivity (Wildman–Crippen MR) is 116 cm³/mol. The van der Waals surface area contributed by atoms with Gasteiger partial charge in [0.05, 0.1) is 12.7 Å². The molecular formula is C25H34FNO2. The van der Waals surface area contributed by atoms with Crippen LogP contribution in [0.2, 0.25) is 0 Å². The molecule has 29 heavy (non-hydrogen) atoms. The molecule has 0 radical (unpaired) electrons. The van der Waals surface area contributed by atoms with Gasteiger partial charge in [0.2, 0.25) is 0 Å². The van der Waals surface area contributed by atoms with Gasteiger partial charge in [0, 0.05) is 19.0 Å². The van der Waals surface area contributed by atoms with Crippen LogP contribution in [0.4, 0.5) is 4.39 Å². The second-order valence-corrected chi connectivity index (χ2v) is 8.82. The first-order valence-electron chi connectivity index (χ1n) is 10.6. The van der Waals surface area contributed by atoms with Gasteiger partial charge in [-0.05, 0) is 79.6 Å². The van der Waals surface area contributed by atoms with Crippen molar-refractivity contribution in [1.82, 2.24) is 4.90 Å². The molecule has 1 aliphatic rings. The van der Waals surface area contributed by atoms with Gasteiger partial charge in [-0.25, -0.2) is 4.39 Å². The predicted octanol–water partition coefficient (Wildman–Crippen LogP) is 4.82. The minimum absolute atomic E-state index is 0.0434. The zero-order valence-corrected chi connectivity index (χ0v) is 18.1. The minimum Gasteiger partial charge on any atom is -0.497 e. The average Bonchev–Trinajstić information content (AvgIpc) is 2.71. The molecule has 0 bridgehead atoms. The highest BCUT2D eigenvalue weighted by Crippen LogP contribution is 2.45. The molecule has 4 heteroatoms. The molecular weight excluding hydrogens is 365 g/mol. The van der Waals surface area contributed by atoms with Crippen molar-refractivity contribution >= 4 is 0 Å². The van der Waals surface area contributed by atoms with E-state index in [0.717, 1.165) is 49.2 Å². The van der Waals surface area contributed by atoms with Gasteiger partial charge >= 0.3 is 0 Å². The Morgan fingerprint density at radius 2 is 1.90 bits per heavy atom. The second kappa shape index (κ2) is 9.27. The number of hydrogen-bond donors (Lipinski definition) is 1. The summed E-state index contributed by atoms with van der Waals surface area (Å²) >= 11 is 0. The Kier molecular flexibility index (Phi) is 6.97. The Bertz CT molecular complexity index is 805. The summed E-state index contributed by atoms with van der Waals surface area (Å²) in [6, 6.07) is 13.2. The molecule has 1 N–H and O–H groups in total. The van der Waals surface area contributed by atoms with E-state index < -0.39 is 5.60 Å². The van der Waals surface area contributed by atoms with Gasteiger partial charge in [-0.2, -0.15) is 0 Å². The number of nitrogens with zero attached hydrogens (tertiary/aromatic N) is 1. The lowest BCUT2D eigenvalue weighted by Crippen LogP contribution is -2.45. The molecule has 3 rings (SSSR count). The molecule has 0 aliphatic heterocycles. The Balaban J connectivity index is 1.61. The van der Waals surface area contributed by atoms with Crippen LogP contribution < -0.4 is 4.74 Å². The molecule has 0 saturated carbocycles. The molecule has 0 unspecified atom stereocenters. The molecule has 1 aliphatic carbocycles. The summed E-state index contributed by atoms with van der Waals surface area (Å²) < 4.78 is 18.9. The van der Waals surface area contributed by atoms with Gasteiger partial charge in [0.1, 0.15) is 11.6 Å². The van der Waals surface area contributed by atoms with E-state index in [2.05, 4.69) is 37.9 Å². The molecule has 0 fully saturated rings. The minimum atomic E-state index is -0.743. The van der Waals surface area contributed by atoms with Crippen LogP contribution in [0.3, 0.4) is 0 Å². The lowest BCUT2D eigenvalue weighted by atomic mass is 9.66. The molecule has 3 nitrogen and oxygen atoms in total. The van der Waals surface area contributed by atoms with Crippen molar-refractivity contribution in [2.24, 2.45) is 5.92 Å². The molecule has 2 aromatic carbocycles. The third-order valence-corrected chi connectivity index (χ3v) is 6.38. The number of fused-ring (bicyclic) bond motifs is 1. The Labute approximate surface area is 174 Å². The second-order valence-electron chi connectivity index (χ2n) is 8.82. The lowest BCUT2D eigenvalue weighted by molar-refractivity contribution is -0.0300. The molecule has 0 amide bonds. The maximum absolute atomic E-state index is 13.7. The van der Waals surface area contributed by atoms with Crippen molar-refractivity contribution in [3.05, 3.63) is 65.0 Å². The summed E-state index contributed by atoms with van der Waals surface area (Å²) in [6.45, 7) is 6.09. The molecule has 0 spiro atoms. The van der Waals surface area contributed by atoms with Crippen LogP contribution in [-0.4, -0.2) is 42.9 Å². The fourth-order valence-corrected chi connectivity index (χ4v) is 4.76. The topological polar surface area (TPSA) is 32.7 Å². The van der Waals surface area contributed by atoms with E-state index in [4.69, 9.17) is 4.74 Å². The van der Waals surface area contributed by atoms with Gasteiger partial charge in [0.15, 0.2) is 0 Å². The van der Waals surface area contributed by atoms with E-state index in [1.54, 1.807) is 13.2 Å². The van der Waals surface area contributed by atoms with Crippen LogP contribution in [0.5, 0.6) is 5.75 Å². The summed E-state index contributed by atoms with van der Waals surface area (Å²) in [7, 11) is 3.79. The van der Waals surface area contributed by atoms with E-state index in [9.17, 15) is 9.50 Å². The highest BCUT2D eigenvalue weighted by molar-refractivity contribution is 5.37. The third-order valence-electron chi connectivity index (χ3n) is 6.38. The largest absolute Gasteiger partial charge is 0.497 e. The summed E-state index contributed by atoms with van der Waals surface area (Å²) in [4.78, 5) is 2.29. The number of likely N-dealkylation sites (N-methyl/N-ethyl adjacent to an activating group) is 1. The maximum atomic E-state index is 13.7. The summed E-state index contributed by atoms with van der Waals surface area (Å²) in [5.74, 6) is 1.03. The first-order chi connectivity index (χ1) is 13.8. The molecule has 0 saturated heterocycles. The third kappa shape index (κ3) is 5.18. The van der Waals surface area contributed by atoms with Crippen LogP contribution >= 0.6 is 0 Å². The highest BCUT2D eigenvalue weighted by Gasteiger charge is 2.43. The lowest BCUT2D eigenvalue weighted by Gasteiger charge is -2.44. The number of benzene rings is 2. The van der Waals surface area contributed by atoms with Gasteiger partial charge in [-0.1, -0.05) is 32.0 Å². The van der Waals surface area contributed by atoms with E-state index in [0.29, 0.717) is 12.3 Å². The number of aliphatic hydroxyl groups is 1. The van der Waals surface area contributed by atoms with Crippen molar-refractivity contribution in [2.75, 3.05) is 27.2 Å². The Morgan fingerprint density at radius 1 is 1.17 bits per heavy atom. The number of hydrogen-bond acceptors (Lipinski definition) is 3. The SMILES string of the molecule is COc1ccc(CCN(C)CC[C@]2(O)CCc3cc(F)ccc3[C@H]2C(C)C)cc1. The zero-order valence-electron chi connectivity index (χ0n) is 18.1. The quantitative estimate of drug-likeness (QED) is 0.691.